The van der Waals surface area contributed by atoms with Crippen molar-refractivity contribution in [2.45, 2.75) is 25.8 Å². The first-order valence-corrected chi connectivity index (χ1v) is 8.05. The molecule has 1 aromatic heterocycles. The van der Waals surface area contributed by atoms with Gasteiger partial charge in [0.1, 0.15) is 5.76 Å². The van der Waals surface area contributed by atoms with Gasteiger partial charge >= 0.3 is 0 Å². The normalized spacial score (nSPS) is 15.3. The number of furan rings is 1. The third-order valence-corrected chi connectivity index (χ3v) is 4.41. The summed E-state index contributed by atoms with van der Waals surface area (Å²) in [6.45, 7) is 2.96. The van der Waals surface area contributed by atoms with Crippen molar-refractivity contribution in [2.75, 3.05) is 18.8 Å². The number of aryl methyl sites for hydroxylation is 1. The number of nitrogens with one attached hydrogen (secondary N) is 1. The van der Waals surface area contributed by atoms with E-state index in [9.17, 15) is 9.59 Å². The molecule has 2 heterocycles. The second-order valence-electron chi connectivity index (χ2n) is 6.02. The van der Waals surface area contributed by atoms with Gasteiger partial charge in [-0.1, -0.05) is 12.1 Å². The molecular formula is C18H21N3O3. The summed E-state index contributed by atoms with van der Waals surface area (Å²) in [7, 11) is 0. The highest BCUT2D eigenvalue weighted by molar-refractivity contribution is 5.99. The van der Waals surface area contributed by atoms with Gasteiger partial charge in [0.05, 0.1) is 17.4 Å². The van der Waals surface area contributed by atoms with Crippen LogP contribution in [0.3, 0.4) is 0 Å². The largest absolute Gasteiger partial charge is 0.469 e. The summed E-state index contributed by atoms with van der Waals surface area (Å²) in [4.78, 5) is 26.5. The standard InChI is InChI=1S/C18H21N3O3/c1-12-14(8-11-24-12)17(22)20-13-6-9-21(10-7-13)18(23)15-4-2-3-5-16(15)19/h2-5,8,11,13H,6-7,9-10,19H2,1H3,(H,20,22). The van der Waals surface area contributed by atoms with Crippen molar-refractivity contribution in [3.63, 3.8) is 0 Å². The van der Waals surface area contributed by atoms with Crippen molar-refractivity contribution >= 4 is 17.5 Å². The predicted octanol–water partition coefficient (Wildman–Crippen LogP) is 2.20. The van der Waals surface area contributed by atoms with E-state index in [0.29, 0.717) is 35.7 Å². The van der Waals surface area contributed by atoms with Gasteiger partial charge in [-0.05, 0) is 38.0 Å². The predicted molar refractivity (Wildman–Crippen MR) is 90.7 cm³/mol. The van der Waals surface area contributed by atoms with E-state index in [1.165, 1.54) is 6.26 Å². The molecule has 1 aliphatic rings. The van der Waals surface area contributed by atoms with E-state index in [2.05, 4.69) is 5.32 Å². The molecular weight excluding hydrogens is 306 g/mol. The van der Waals surface area contributed by atoms with E-state index >= 15 is 0 Å². The summed E-state index contributed by atoms with van der Waals surface area (Å²) in [6.07, 6.45) is 2.96. The molecule has 1 fully saturated rings. The minimum atomic E-state index is -0.127. The van der Waals surface area contributed by atoms with Crippen LogP contribution < -0.4 is 11.1 Å². The second-order valence-corrected chi connectivity index (χ2v) is 6.02. The average molecular weight is 327 g/mol. The molecule has 0 spiro atoms. The molecule has 0 aliphatic carbocycles. The van der Waals surface area contributed by atoms with Crippen molar-refractivity contribution in [1.82, 2.24) is 10.2 Å². The van der Waals surface area contributed by atoms with Crippen LogP contribution in [0.5, 0.6) is 0 Å². The summed E-state index contributed by atoms with van der Waals surface area (Å²) < 4.78 is 5.16. The number of rotatable bonds is 3. The number of piperidine rings is 1. The number of nitrogens with zero attached hydrogens (tertiary/aromatic N) is 1. The zero-order valence-corrected chi connectivity index (χ0v) is 13.6. The molecule has 0 unspecified atom stereocenters. The summed E-state index contributed by atoms with van der Waals surface area (Å²) in [5.41, 5.74) is 7.47. The molecule has 1 aliphatic heterocycles. The van der Waals surface area contributed by atoms with Crippen molar-refractivity contribution in [1.29, 1.82) is 0 Å². The molecule has 1 saturated heterocycles. The van der Waals surface area contributed by atoms with E-state index in [-0.39, 0.29) is 17.9 Å². The number of likely N-dealkylation sites (tertiary alicyclic amines) is 1. The number of carbonyl (C=O) groups excluding carboxylic acids is 2. The topological polar surface area (TPSA) is 88.6 Å². The molecule has 2 aromatic rings. The molecule has 6 nitrogen and oxygen atoms in total. The summed E-state index contributed by atoms with van der Waals surface area (Å²) >= 11 is 0. The molecule has 3 N–H and O–H groups in total. The lowest BCUT2D eigenvalue weighted by atomic mass is 10.0. The van der Waals surface area contributed by atoms with Gasteiger partial charge in [-0.15, -0.1) is 0 Å². The second kappa shape index (κ2) is 6.78. The van der Waals surface area contributed by atoms with Gasteiger partial charge in [-0.25, -0.2) is 0 Å². The summed E-state index contributed by atoms with van der Waals surface area (Å²) in [5.74, 6) is 0.432. The van der Waals surface area contributed by atoms with E-state index in [0.717, 1.165) is 12.8 Å². The highest BCUT2D eigenvalue weighted by Crippen LogP contribution is 2.18. The van der Waals surface area contributed by atoms with Gasteiger partial charge in [-0.3, -0.25) is 9.59 Å². The molecule has 6 heteroatoms. The highest BCUT2D eigenvalue weighted by Gasteiger charge is 2.26. The quantitative estimate of drug-likeness (QED) is 0.846. The maximum Gasteiger partial charge on any atom is 0.255 e. The number of hydrogen-bond acceptors (Lipinski definition) is 4. The third-order valence-electron chi connectivity index (χ3n) is 4.41. The first kappa shape index (κ1) is 16.1. The Bertz CT molecular complexity index is 745. The Kier molecular flexibility index (Phi) is 4.55. The zero-order valence-electron chi connectivity index (χ0n) is 13.6. The van der Waals surface area contributed by atoms with E-state index in [1.54, 1.807) is 30.0 Å². The van der Waals surface area contributed by atoms with Crippen molar-refractivity contribution in [3.05, 3.63) is 53.5 Å². The van der Waals surface area contributed by atoms with Crippen LogP contribution >= 0.6 is 0 Å². The molecule has 0 atom stereocenters. The van der Waals surface area contributed by atoms with Crippen molar-refractivity contribution < 1.29 is 14.0 Å². The Morgan fingerprint density at radius 2 is 1.88 bits per heavy atom. The van der Waals surface area contributed by atoms with Crippen LogP contribution in [0.15, 0.2) is 41.0 Å². The fourth-order valence-electron chi connectivity index (χ4n) is 2.97. The van der Waals surface area contributed by atoms with Crippen LogP contribution in [0.25, 0.3) is 0 Å². The molecule has 0 radical (unpaired) electrons. The summed E-state index contributed by atoms with van der Waals surface area (Å²) in [5, 5.41) is 3.01. The van der Waals surface area contributed by atoms with Gasteiger partial charge in [0.15, 0.2) is 0 Å². The summed E-state index contributed by atoms with van der Waals surface area (Å²) in [6, 6.07) is 8.82. The Morgan fingerprint density at radius 1 is 1.17 bits per heavy atom. The minimum Gasteiger partial charge on any atom is -0.469 e. The van der Waals surface area contributed by atoms with E-state index in [1.807, 2.05) is 12.1 Å². The fraction of sp³-hybridized carbons (Fsp3) is 0.333. The van der Waals surface area contributed by atoms with Gasteiger partial charge in [-0.2, -0.15) is 0 Å². The first-order valence-electron chi connectivity index (χ1n) is 8.05. The van der Waals surface area contributed by atoms with Crippen molar-refractivity contribution in [2.24, 2.45) is 0 Å². The van der Waals surface area contributed by atoms with Crippen LogP contribution in [-0.2, 0) is 0 Å². The highest BCUT2D eigenvalue weighted by atomic mass is 16.3. The number of amides is 2. The van der Waals surface area contributed by atoms with E-state index < -0.39 is 0 Å². The lowest BCUT2D eigenvalue weighted by molar-refractivity contribution is 0.0699. The Balaban J connectivity index is 1.56. The van der Waals surface area contributed by atoms with Crippen molar-refractivity contribution in [3.8, 4) is 0 Å². The average Bonchev–Trinajstić information content (AvgIpc) is 3.01. The number of carbonyl (C=O) groups is 2. The van der Waals surface area contributed by atoms with Crippen LogP contribution in [0.2, 0.25) is 0 Å². The number of benzene rings is 1. The van der Waals surface area contributed by atoms with Crippen LogP contribution in [-0.4, -0.2) is 35.8 Å². The Labute approximate surface area is 140 Å². The SMILES string of the molecule is Cc1occc1C(=O)NC1CCN(C(=O)c2ccccc2N)CC1. The van der Waals surface area contributed by atoms with Crippen LogP contribution in [0.4, 0.5) is 5.69 Å². The van der Waals surface area contributed by atoms with Gasteiger partial charge in [0, 0.05) is 24.8 Å². The zero-order chi connectivity index (χ0) is 17.1. The monoisotopic (exact) mass is 327 g/mol. The van der Waals surface area contributed by atoms with Crippen LogP contribution in [0.1, 0.15) is 39.3 Å². The smallest absolute Gasteiger partial charge is 0.255 e. The minimum absolute atomic E-state index is 0.0523. The first-order chi connectivity index (χ1) is 11.6. The number of nitrogen functional groups attached to an aromatic ring is 1. The Hall–Kier alpha value is -2.76. The van der Waals surface area contributed by atoms with Gasteiger partial charge < -0.3 is 20.4 Å². The lowest BCUT2D eigenvalue weighted by Crippen LogP contribution is -2.46. The van der Waals surface area contributed by atoms with Gasteiger partial charge in [0.25, 0.3) is 11.8 Å². The number of hydrogen-bond donors (Lipinski definition) is 2. The Morgan fingerprint density at radius 3 is 2.50 bits per heavy atom. The molecule has 1 aromatic carbocycles. The lowest BCUT2D eigenvalue weighted by Gasteiger charge is -2.32. The molecule has 0 bridgehead atoms. The molecule has 126 valence electrons. The third kappa shape index (κ3) is 3.27. The maximum atomic E-state index is 12.5. The number of nitrogens with two attached hydrogens (primary N) is 1. The molecule has 3 rings (SSSR count). The molecule has 24 heavy (non-hydrogen) atoms. The van der Waals surface area contributed by atoms with E-state index in [4.69, 9.17) is 10.2 Å². The maximum absolute atomic E-state index is 12.5. The van der Waals surface area contributed by atoms with Crippen LogP contribution in [0, 0.1) is 6.92 Å². The number of anilines is 1. The number of para-hydroxylation sites is 1. The molecule has 2 amide bonds. The molecule has 0 saturated carbocycles. The fourth-order valence-corrected chi connectivity index (χ4v) is 2.97. The van der Waals surface area contributed by atoms with Gasteiger partial charge in [0.2, 0.25) is 0 Å².